The molecule has 0 saturated heterocycles. The second-order valence-corrected chi connectivity index (χ2v) is 4.85. The Balaban J connectivity index is 2.32. The molecule has 0 spiro atoms. The van der Waals surface area contributed by atoms with Gasteiger partial charge in [-0.2, -0.15) is 5.26 Å². The second kappa shape index (κ2) is 3.47. The van der Waals surface area contributed by atoms with Crippen molar-refractivity contribution in [1.82, 2.24) is 0 Å². The highest BCUT2D eigenvalue weighted by molar-refractivity contribution is 9.10. The highest BCUT2D eigenvalue weighted by Crippen LogP contribution is 2.39. The van der Waals surface area contributed by atoms with E-state index in [0.717, 1.165) is 22.0 Å². The fourth-order valence-corrected chi connectivity index (χ4v) is 2.72. The lowest BCUT2D eigenvalue weighted by Gasteiger charge is -2.02. The van der Waals surface area contributed by atoms with E-state index in [9.17, 15) is 0 Å². The van der Waals surface area contributed by atoms with Gasteiger partial charge in [0.2, 0.25) is 0 Å². The topological polar surface area (TPSA) is 23.8 Å². The van der Waals surface area contributed by atoms with E-state index in [1.54, 1.807) is 0 Å². The second-order valence-electron chi connectivity index (χ2n) is 3.93. The van der Waals surface area contributed by atoms with Crippen molar-refractivity contribution < 1.29 is 0 Å². The molecule has 3 rings (SSSR count). The van der Waals surface area contributed by atoms with Gasteiger partial charge < -0.3 is 0 Å². The molecule has 2 heteroatoms. The molecule has 0 aliphatic heterocycles. The molecular weight excluding hydrogens is 262 g/mol. The van der Waals surface area contributed by atoms with Gasteiger partial charge in [0.25, 0.3) is 0 Å². The number of benzene rings is 2. The van der Waals surface area contributed by atoms with Crippen molar-refractivity contribution in [2.45, 2.75) is 6.42 Å². The van der Waals surface area contributed by atoms with Gasteiger partial charge in [0, 0.05) is 10.0 Å². The van der Waals surface area contributed by atoms with Crippen LogP contribution in [0.1, 0.15) is 16.7 Å². The summed E-state index contributed by atoms with van der Waals surface area (Å²) in [5.74, 6) is 0. The van der Waals surface area contributed by atoms with Crippen molar-refractivity contribution in [3.63, 3.8) is 0 Å². The Morgan fingerprint density at radius 1 is 1.12 bits per heavy atom. The molecule has 0 amide bonds. The number of rotatable bonds is 0. The number of nitrogens with zero attached hydrogens (tertiary/aromatic N) is 1. The molecule has 0 N–H and O–H groups in total. The first-order chi connectivity index (χ1) is 7.79. The third-order valence-electron chi connectivity index (χ3n) is 2.99. The van der Waals surface area contributed by atoms with Crippen molar-refractivity contribution >= 4 is 15.9 Å². The Hall–Kier alpha value is -1.59. The summed E-state index contributed by atoms with van der Waals surface area (Å²) in [6, 6.07) is 14.5. The largest absolute Gasteiger partial charge is 0.192 e. The van der Waals surface area contributed by atoms with Crippen molar-refractivity contribution in [3.05, 3.63) is 57.6 Å². The molecule has 0 heterocycles. The predicted molar refractivity (Wildman–Crippen MR) is 67.1 cm³/mol. The van der Waals surface area contributed by atoms with Crippen LogP contribution in [0.5, 0.6) is 0 Å². The molecule has 1 aliphatic carbocycles. The third-order valence-corrected chi connectivity index (χ3v) is 3.48. The summed E-state index contributed by atoms with van der Waals surface area (Å²) < 4.78 is 1.09. The number of nitriles is 1. The van der Waals surface area contributed by atoms with E-state index in [2.05, 4.69) is 40.2 Å². The lowest BCUT2D eigenvalue weighted by Crippen LogP contribution is -1.83. The maximum Gasteiger partial charge on any atom is 0.0998 e. The van der Waals surface area contributed by atoms with Crippen molar-refractivity contribution in [2.75, 3.05) is 0 Å². The summed E-state index contributed by atoms with van der Waals surface area (Å²) >= 11 is 3.48. The molecule has 0 saturated carbocycles. The van der Waals surface area contributed by atoms with Crippen molar-refractivity contribution in [1.29, 1.82) is 5.26 Å². The lowest BCUT2D eigenvalue weighted by atomic mass is 10.0. The predicted octanol–water partition coefficient (Wildman–Crippen LogP) is 3.89. The summed E-state index contributed by atoms with van der Waals surface area (Å²) in [5, 5.41) is 9.12. The zero-order chi connectivity index (χ0) is 11.1. The summed E-state index contributed by atoms with van der Waals surface area (Å²) in [4.78, 5) is 0. The molecule has 0 radical (unpaired) electrons. The van der Waals surface area contributed by atoms with Gasteiger partial charge in [0.15, 0.2) is 0 Å². The van der Waals surface area contributed by atoms with Crippen LogP contribution in [-0.4, -0.2) is 0 Å². The molecule has 0 unspecified atom stereocenters. The van der Waals surface area contributed by atoms with Gasteiger partial charge >= 0.3 is 0 Å². The highest BCUT2D eigenvalue weighted by Gasteiger charge is 2.20. The molecule has 0 aromatic heterocycles. The van der Waals surface area contributed by atoms with Crippen LogP contribution in [-0.2, 0) is 6.42 Å². The van der Waals surface area contributed by atoms with Gasteiger partial charge in [-0.05, 0) is 41.3 Å². The molecule has 0 atom stereocenters. The van der Waals surface area contributed by atoms with Gasteiger partial charge in [-0.3, -0.25) is 0 Å². The molecule has 0 fully saturated rings. The Morgan fingerprint density at radius 3 is 2.81 bits per heavy atom. The summed E-state index contributed by atoms with van der Waals surface area (Å²) in [6.45, 7) is 0. The summed E-state index contributed by atoms with van der Waals surface area (Å²) in [7, 11) is 0. The van der Waals surface area contributed by atoms with Crippen LogP contribution in [0.3, 0.4) is 0 Å². The maximum absolute atomic E-state index is 9.12. The van der Waals surface area contributed by atoms with Gasteiger partial charge in [-0.1, -0.05) is 34.1 Å². The zero-order valence-corrected chi connectivity index (χ0v) is 10.1. The fourth-order valence-electron chi connectivity index (χ4n) is 2.32. The highest BCUT2D eigenvalue weighted by atomic mass is 79.9. The quantitative estimate of drug-likeness (QED) is 0.608. The fraction of sp³-hybridized carbons (Fsp3) is 0.0714. The molecule has 1 aliphatic rings. The summed E-state index contributed by atoms with van der Waals surface area (Å²) in [5.41, 5.74) is 5.65. The zero-order valence-electron chi connectivity index (χ0n) is 8.50. The van der Waals surface area contributed by atoms with Crippen molar-refractivity contribution in [3.8, 4) is 17.2 Å². The van der Waals surface area contributed by atoms with E-state index in [-0.39, 0.29) is 0 Å². The van der Waals surface area contributed by atoms with E-state index >= 15 is 0 Å². The summed E-state index contributed by atoms with van der Waals surface area (Å²) in [6.07, 6.45) is 0.930. The Bertz CT molecular complexity index is 623. The van der Waals surface area contributed by atoms with Gasteiger partial charge in [-0.25, -0.2) is 0 Å². The minimum Gasteiger partial charge on any atom is -0.192 e. The first-order valence-corrected chi connectivity index (χ1v) is 5.89. The van der Waals surface area contributed by atoms with Gasteiger partial charge in [0.05, 0.1) is 11.6 Å². The minimum absolute atomic E-state index is 0.776. The number of fused-ring (bicyclic) bond motifs is 3. The van der Waals surface area contributed by atoms with E-state index in [0.29, 0.717) is 0 Å². The van der Waals surface area contributed by atoms with Gasteiger partial charge in [0.1, 0.15) is 0 Å². The van der Waals surface area contributed by atoms with Crippen LogP contribution in [0.4, 0.5) is 0 Å². The number of halogens is 1. The number of hydrogen-bond acceptors (Lipinski definition) is 1. The molecule has 1 nitrogen and oxygen atoms in total. The molecule has 2 aromatic carbocycles. The average Bonchev–Trinajstić information content (AvgIpc) is 2.65. The molecule has 2 aromatic rings. The van der Waals surface area contributed by atoms with Crippen LogP contribution < -0.4 is 0 Å². The van der Waals surface area contributed by atoms with E-state index in [1.807, 2.05) is 18.2 Å². The van der Waals surface area contributed by atoms with E-state index < -0.39 is 0 Å². The molecule has 0 bridgehead atoms. The van der Waals surface area contributed by atoms with Crippen LogP contribution in [0.2, 0.25) is 0 Å². The smallest absolute Gasteiger partial charge is 0.0998 e. The van der Waals surface area contributed by atoms with Crippen LogP contribution in [0.25, 0.3) is 11.1 Å². The first-order valence-electron chi connectivity index (χ1n) is 5.10. The SMILES string of the molecule is N#Cc1cccc2c1-c1ccc(Br)cc1C2. The van der Waals surface area contributed by atoms with Crippen molar-refractivity contribution in [2.24, 2.45) is 0 Å². The average molecular weight is 270 g/mol. The Kier molecular flexibility index (Phi) is 2.08. The minimum atomic E-state index is 0.776. The molecule has 16 heavy (non-hydrogen) atoms. The van der Waals surface area contributed by atoms with Crippen LogP contribution in [0, 0.1) is 11.3 Å². The van der Waals surface area contributed by atoms with E-state index in [1.165, 1.54) is 16.7 Å². The van der Waals surface area contributed by atoms with Crippen LogP contribution in [0.15, 0.2) is 40.9 Å². The lowest BCUT2D eigenvalue weighted by molar-refractivity contribution is 1.26. The van der Waals surface area contributed by atoms with Gasteiger partial charge in [-0.15, -0.1) is 0 Å². The number of hydrogen-bond donors (Lipinski definition) is 0. The first kappa shape index (κ1) is 9.62. The molecular formula is C14H8BrN. The molecule has 76 valence electrons. The monoisotopic (exact) mass is 269 g/mol. The third kappa shape index (κ3) is 1.29. The van der Waals surface area contributed by atoms with E-state index in [4.69, 9.17) is 5.26 Å². The Morgan fingerprint density at radius 2 is 2.00 bits per heavy atom. The normalized spacial score (nSPS) is 11.8. The van der Waals surface area contributed by atoms with Crippen LogP contribution >= 0.6 is 15.9 Å². The maximum atomic E-state index is 9.12. The Labute approximate surface area is 102 Å². The standard InChI is InChI=1S/C14H8BrN/c15-12-4-5-13-11(7-12)6-9-2-1-3-10(8-16)14(9)13/h1-5,7H,6H2.